The van der Waals surface area contributed by atoms with E-state index in [9.17, 15) is 10.1 Å². The van der Waals surface area contributed by atoms with Crippen LogP contribution in [-0.2, 0) is 0 Å². The first kappa shape index (κ1) is 9.48. The fourth-order valence-electron chi connectivity index (χ4n) is 1.18. The van der Waals surface area contributed by atoms with Gasteiger partial charge in [0.1, 0.15) is 5.40 Å². The largest absolute Gasteiger partial charge is 0.332 e. The molecule has 0 atom stereocenters. The van der Waals surface area contributed by atoms with Crippen molar-refractivity contribution in [2.24, 2.45) is 0 Å². The Hall–Kier alpha value is -2.07. The van der Waals surface area contributed by atoms with Crippen LogP contribution in [0.15, 0.2) is 23.4 Å². The molecule has 0 radical (unpaired) electrons. The second-order valence-corrected chi connectivity index (χ2v) is 3.47. The van der Waals surface area contributed by atoms with Crippen molar-refractivity contribution in [2.75, 3.05) is 0 Å². The van der Waals surface area contributed by atoms with Crippen LogP contribution in [0.25, 0.3) is 11.0 Å². The number of nitrogens with zero attached hydrogens (tertiary/aromatic N) is 3. The Morgan fingerprint density at radius 1 is 1.60 bits per heavy atom. The number of benzene rings is 1. The van der Waals surface area contributed by atoms with Gasteiger partial charge in [0.25, 0.3) is 5.69 Å². The van der Waals surface area contributed by atoms with Gasteiger partial charge < -0.3 is 4.98 Å². The molecule has 1 aromatic carbocycles. The van der Waals surface area contributed by atoms with Gasteiger partial charge in [-0.05, 0) is 6.07 Å². The Labute approximate surface area is 88.1 Å². The lowest BCUT2D eigenvalue weighted by Crippen LogP contribution is -1.86. The van der Waals surface area contributed by atoms with E-state index in [4.69, 9.17) is 5.26 Å². The van der Waals surface area contributed by atoms with Gasteiger partial charge in [0.15, 0.2) is 5.16 Å². The van der Waals surface area contributed by atoms with Crippen molar-refractivity contribution >= 4 is 28.5 Å². The molecule has 0 aliphatic carbocycles. The number of nitro benzene ring substituents is 1. The first-order chi connectivity index (χ1) is 7.20. The van der Waals surface area contributed by atoms with E-state index in [2.05, 4.69) is 9.97 Å². The third-order valence-electron chi connectivity index (χ3n) is 1.80. The van der Waals surface area contributed by atoms with Crippen molar-refractivity contribution in [3.05, 3.63) is 28.3 Å². The predicted octanol–water partition coefficient (Wildman–Crippen LogP) is 2.04. The van der Waals surface area contributed by atoms with Crippen LogP contribution in [0.3, 0.4) is 0 Å². The maximum Gasteiger partial charge on any atom is 0.271 e. The molecular weight excluding hydrogens is 216 g/mol. The minimum Gasteiger partial charge on any atom is -0.332 e. The summed E-state index contributed by atoms with van der Waals surface area (Å²) in [6, 6.07) is 4.32. The van der Waals surface area contributed by atoms with Crippen LogP contribution in [0.1, 0.15) is 0 Å². The van der Waals surface area contributed by atoms with E-state index in [-0.39, 0.29) is 5.69 Å². The summed E-state index contributed by atoms with van der Waals surface area (Å²) in [5.41, 5.74) is 1.17. The van der Waals surface area contributed by atoms with E-state index in [1.165, 1.54) is 12.1 Å². The number of nitro groups is 1. The number of thioether (sulfide) groups is 1. The summed E-state index contributed by atoms with van der Waals surface area (Å²) in [6.07, 6.45) is 0. The Morgan fingerprint density at radius 3 is 3.07 bits per heavy atom. The smallest absolute Gasteiger partial charge is 0.271 e. The zero-order valence-electron chi connectivity index (χ0n) is 7.30. The van der Waals surface area contributed by atoms with Crippen molar-refractivity contribution in [1.82, 2.24) is 9.97 Å². The first-order valence-electron chi connectivity index (χ1n) is 3.91. The van der Waals surface area contributed by atoms with E-state index < -0.39 is 4.92 Å². The number of imidazole rings is 1. The molecule has 0 spiro atoms. The standard InChI is InChI=1S/C8H4N4O2S/c9-4-15-8-10-6-2-1-5(12(13)14)3-7(6)11-8/h1-3H,(H,10,11). The number of hydrogen-bond donors (Lipinski definition) is 1. The summed E-state index contributed by atoms with van der Waals surface area (Å²) in [5.74, 6) is 0. The average Bonchev–Trinajstić information content (AvgIpc) is 2.59. The highest BCUT2D eigenvalue weighted by atomic mass is 32.2. The van der Waals surface area contributed by atoms with E-state index in [1.807, 2.05) is 5.40 Å². The fraction of sp³-hybridized carbons (Fsp3) is 0. The van der Waals surface area contributed by atoms with Crippen molar-refractivity contribution in [3.8, 4) is 5.40 Å². The molecule has 2 aromatic rings. The lowest BCUT2D eigenvalue weighted by Gasteiger charge is -1.89. The number of nitrogens with one attached hydrogen (secondary N) is 1. The summed E-state index contributed by atoms with van der Waals surface area (Å²) < 4.78 is 0. The number of fused-ring (bicyclic) bond motifs is 1. The van der Waals surface area contributed by atoms with Crippen LogP contribution in [-0.4, -0.2) is 14.9 Å². The number of aromatic nitrogens is 2. The molecule has 1 N–H and O–H groups in total. The van der Waals surface area contributed by atoms with Crippen molar-refractivity contribution in [3.63, 3.8) is 0 Å². The Morgan fingerprint density at radius 2 is 2.40 bits per heavy atom. The summed E-state index contributed by atoms with van der Waals surface area (Å²) in [5, 5.41) is 21.2. The zero-order valence-corrected chi connectivity index (χ0v) is 8.11. The lowest BCUT2D eigenvalue weighted by molar-refractivity contribution is -0.384. The summed E-state index contributed by atoms with van der Waals surface area (Å²) in [7, 11) is 0. The average molecular weight is 220 g/mol. The minimum atomic E-state index is -0.475. The van der Waals surface area contributed by atoms with Crippen LogP contribution >= 0.6 is 11.8 Å². The number of rotatable bonds is 2. The highest BCUT2D eigenvalue weighted by Crippen LogP contribution is 2.22. The fourth-order valence-corrected chi connectivity index (χ4v) is 1.57. The van der Waals surface area contributed by atoms with Gasteiger partial charge in [0.05, 0.1) is 16.0 Å². The number of H-pyrrole nitrogens is 1. The van der Waals surface area contributed by atoms with Crippen molar-refractivity contribution in [2.45, 2.75) is 5.16 Å². The minimum absolute atomic E-state index is 0.000317. The van der Waals surface area contributed by atoms with Gasteiger partial charge in [-0.15, -0.1) is 0 Å². The molecule has 0 fully saturated rings. The van der Waals surface area contributed by atoms with E-state index in [1.54, 1.807) is 6.07 Å². The second-order valence-electron chi connectivity index (χ2n) is 2.69. The molecule has 2 rings (SSSR count). The number of non-ortho nitro benzene ring substituents is 1. The zero-order chi connectivity index (χ0) is 10.8. The van der Waals surface area contributed by atoms with Crippen LogP contribution in [0.4, 0.5) is 5.69 Å². The van der Waals surface area contributed by atoms with Gasteiger partial charge >= 0.3 is 0 Å². The van der Waals surface area contributed by atoms with Crippen molar-refractivity contribution in [1.29, 1.82) is 5.26 Å². The van der Waals surface area contributed by atoms with Gasteiger partial charge in [0, 0.05) is 23.9 Å². The molecule has 15 heavy (non-hydrogen) atoms. The Bertz CT molecular complexity index is 572. The summed E-state index contributed by atoms with van der Waals surface area (Å²) >= 11 is 0.884. The molecule has 7 heteroatoms. The van der Waals surface area contributed by atoms with Crippen LogP contribution in [0.2, 0.25) is 0 Å². The van der Waals surface area contributed by atoms with Gasteiger partial charge in [-0.3, -0.25) is 10.1 Å². The maximum absolute atomic E-state index is 10.5. The Balaban J connectivity index is 2.53. The SMILES string of the molecule is N#CSc1nc2ccc([N+](=O)[O-])cc2[nH]1. The van der Waals surface area contributed by atoms with Crippen LogP contribution in [0.5, 0.6) is 0 Å². The highest BCUT2D eigenvalue weighted by molar-refractivity contribution is 8.03. The normalized spacial score (nSPS) is 10.1. The molecule has 0 saturated heterocycles. The molecule has 6 nitrogen and oxygen atoms in total. The van der Waals surface area contributed by atoms with Crippen LogP contribution < -0.4 is 0 Å². The number of thiocyanates is 1. The van der Waals surface area contributed by atoms with Crippen LogP contribution in [0, 0.1) is 20.8 Å². The molecule has 0 amide bonds. The van der Waals surface area contributed by atoms with Gasteiger partial charge in [0.2, 0.25) is 0 Å². The molecule has 0 unspecified atom stereocenters. The second kappa shape index (κ2) is 3.59. The lowest BCUT2D eigenvalue weighted by atomic mass is 10.3. The molecule has 0 bridgehead atoms. The molecule has 1 heterocycles. The third kappa shape index (κ3) is 1.75. The number of hydrogen-bond acceptors (Lipinski definition) is 5. The third-order valence-corrected chi connectivity index (χ3v) is 2.27. The van der Waals surface area contributed by atoms with Gasteiger partial charge in [-0.25, -0.2) is 4.98 Å². The maximum atomic E-state index is 10.5. The summed E-state index contributed by atoms with van der Waals surface area (Å²) in [4.78, 5) is 16.9. The highest BCUT2D eigenvalue weighted by Gasteiger charge is 2.09. The van der Waals surface area contributed by atoms with E-state index >= 15 is 0 Å². The summed E-state index contributed by atoms with van der Waals surface area (Å²) in [6.45, 7) is 0. The number of nitriles is 1. The molecule has 74 valence electrons. The van der Waals surface area contributed by atoms with Gasteiger partial charge in [-0.2, -0.15) is 5.26 Å². The first-order valence-corrected chi connectivity index (χ1v) is 4.72. The van der Waals surface area contributed by atoms with Crippen molar-refractivity contribution < 1.29 is 4.92 Å². The molecular formula is C8H4N4O2S. The monoisotopic (exact) mass is 220 g/mol. The molecule has 1 aromatic heterocycles. The van der Waals surface area contributed by atoms with E-state index in [0.29, 0.717) is 16.2 Å². The topological polar surface area (TPSA) is 95.6 Å². The molecule has 0 saturated carbocycles. The van der Waals surface area contributed by atoms with E-state index in [0.717, 1.165) is 11.8 Å². The molecule has 0 aliphatic heterocycles. The quantitative estimate of drug-likeness (QED) is 0.361. The van der Waals surface area contributed by atoms with Gasteiger partial charge in [-0.1, -0.05) is 0 Å². The number of aromatic amines is 1. The molecule has 0 aliphatic rings. The predicted molar refractivity (Wildman–Crippen MR) is 54.2 cm³/mol. The Kier molecular flexibility index (Phi) is 2.27.